The first-order valence-electron chi connectivity index (χ1n) is 12.1. The highest BCUT2D eigenvalue weighted by Crippen LogP contribution is 2.38. The van der Waals surface area contributed by atoms with Crippen LogP contribution in [0.1, 0.15) is 23.4 Å². The van der Waals surface area contributed by atoms with E-state index in [2.05, 4.69) is 21.9 Å². The number of ether oxygens (including phenoxy) is 4. The summed E-state index contributed by atoms with van der Waals surface area (Å²) < 4.78 is 30.8. The Kier molecular flexibility index (Phi) is 5.48. The van der Waals surface area contributed by atoms with Crippen LogP contribution in [-0.2, 0) is 11.3 Å². The molecule has 10 nitrogen and oxygen atoms in total. The standard InChI is InChI=1S/C25H25N5O5S2/c1-13-19(27-23(36-13)29-9-14-4-5-15(10-29)34-14)12-33-20-6-16(31-2)7-21-17(20)8-22(35-21)18-11-30-24(26-18)37-25(28-30)32-3/h6-8,11,14-15H,4-5,9-10,12H2,1-3H3. The molecular weight excluding hydrogens is 514 g/mol. The number of aryl methyl sites for hydroxylation is 1. The number of thiazole rings is 1. The molecule has 1 aromatic carbocycles. The lowest BCUT2D eigenvalue weighted by Crippen LogP contribution is -2.42. The van der Waals surface area contributed by atoms with Crippen LogP contribution in [-0.4, -0.2) is 59.1 Å². The zero-order chi connectivity index (χ0) is 25.1. The molecule has 2 bridgehead atoms. The predicted molar refractivity (Wildman–Crippen MR) is 140 cm³/mol. The molecule has 0 amide bonds. The van der Waals surface area contributed by atoms with Gasteiger partial charge < -0.3 is 28.3 Å². The second kappa shape index (κ2) is 8.89. The van der Waals surface area contributed by atoms with Crippen LogP contribution in [0.2, 0.25) is 0 Å². The summed E-state index contributed by atoms with van der Waals surface area (Å²) in [6.07, 6.45) is 4.75. The minimum absolute atomic E-state index is 0.326. The third-order valence-corrected chi connectivity index (χ3v) is 8.78. The van der Waals surface area contributed by atoms with Crippen LogP contribution in [0, 0.1) is 6.92 Å². The number of aromatic nitrogens is 4. The van der Waals surface area contributed by atoms with E-state index in [4.69, 9.17) is 28.3 Å². The number of hydrogen-bond acceptors (Lipinski definition) is 11. The maximum absolute atomic E-state index is 6.32. The van der Waals surface area contributed by atoms with Crippen molar-refractivity contribution >= 4 is 43.7 Å². The number of furan rings is 1. The smallest absolute Gasteiger partial charge is 0.294 e. The molecule has 2 aliphatic rings. The van der Waals surface area contributed by atoms with Crippen molar-refractivity contribution in [2.75, 3.05) is 32.2 Å². The molecule has 0 spiro atoms. The molecule has 7 rings (SSSR count). The van der Waals surface area contributed by atoms with Crippen molar-refractivity contribution < 1.29 is 23.4 Å². The minimum Gasteiger partial charge on any atom is -0.496 e. The van der Waals surface area contributed by atoms with Crippen LogP contribution in [0.5, 0.6) is 16.7 Å². The molecule has 0 N–H and O–H groups in total. The number of nitrogens with zero attached hydrogens (tertiary/aromatic N) is 5. The quantitative estimate of drug-likeness (QED) is 0.285. The van der Waals surface area contributed by atoms with E-state index in [0.717, 1.165) is 52.0 Å². The number of fused-ring (bicyclic) bond motifs is 4. The van der Waals surface area contributed by atoms with Crippen LogP contribution >= 0.6 is 22.7 Å². The molecule has 37 heavy (non-hydrogen) atoms. The van der Waals surface area contributed by atoms with Crippen LogP contribution < -0.4 is 19.1 Å². The maximum Gasteiger partial charge on any atom is 0.294 e. The van der Waals surface area contributed by atoms with E-state index < -0.39 is 0 Å². The molecule has 12 heteroatoms. The van der Waals surface area contributed by atoms with Crippen LogP contribution in [0.4, 0.5) is 5.13 Å². The second-order valence-electron chi connectivity index (χ2n) is 9.22. The molecule has 2 saturated heterocycles. The number of morpholine rings is 1. The van der Waals surface area contributed by atoms with E-state index in [1.54, 1.807) is 30.1 Å². The van der Waals surface area contributed by atoms with Crippen LogP contribution in [0.3, 0.4) is 0 Å². The van der Waals surface area contributed by atoms with Crippen molar-refractivity contribution in [2.45, 2.75) is 38.6 Å². The molecule has 2 atom stereocenters. The maximum atomic E-state index is 6.32. The third-order valence-electron chi connectivity index (χ3n) is 6.82. The van der Waals surface area contributed by atoms with Gasteiger partial charge in [-0.25, -0.2) is 14.5 Å². The summed E-state index contributed by atoms with van der Waals surface area (Å²) in [7, 11) is 3.22. The van der Waals surface area contributed by atoms with E-state index in [1.807, 2.05) is 24.4 Å². The van der Waals surface area contributed by atoms with Crippen molar-refractivity contribution in [2.24, 2.45) is 0 Å². The average Bonchev–Trinajstić information content (AvgIpc) is 3.70. The Hall–Kier alpha value is -3.35. The lowest BCUT2D eigenvalue weighted by atomic mass is 10.2. The summed E-state index contributed by atoms with van der Waals surface area (Å²) in [6.45, 7) is 4.27. The molecule has 2 aliphatic heterocycles. The fourth-order valence-corrected chi connectivity index (χ4v) is 6.56. The summed E-state index contributed by atoms with van der Waals surface area (Å²) >= 11 is 3.09. The number of hydrogen-bond donors (Lipinski definition) is 0. The van der Waals surface area contributed by atoms with Crippen LogP contribution in [0.15, 0.2) is 28.8 Å². The average molecular weight is 540 g/mol. The first-order valence-corrected chi connectivity index (χ1v) is 13.7. The van der Waals surface area contributed by atoms with Crippen molar-refractivity contribution in [1.82, 2.24) is 19.6 Å². The molecule has 192 valence electrons. The number of anilines is 1. The predicted octanol–water partition coefficient (Wildman–Crippen LogP) is 4.93. The van der Waals surface area contributed by atoms with Gasteiger partial charge >= 0.3 is 0 Å². The molecule has 4 aromatic heterocycles. The number of imidazole rings is 1. The highest BCUT2D eigenvalue weighted by molar-refractivity contribution is 7.18. The van der Waals surface area contributed by atoms with Gasteiger partial charge in [-0.1, -0.05) is 0 Å². The molecule has 5 aromatic rings. The molecule has 0 saturated carbocycles. The fourth-order valence-electron chi connectivity index (χ4n) is 4.93. The van der Waals surface area contributed by atoms with Gasteiger partial charge in [-0.15, -0.1) is 16.4 Å². The van der Waals surface area contributed by atoms with Crippen molar-refractivity contribution in [3.63, 3.8) is 0 Å². The van der Waals surface area contributed by atoms with Crippen molar-refractivity contribution in [1.29, 1.82) is 0 Å². The molecule has 2 fully saturated rings. The van der Waals surface area contributed by atoms with E-state index in [1.165, 1.54) is 11.3 Å². The van der Waals surface area contributed by atoms with Gasteiger partial charge in [0.15, 0.2) is 10.9 Å². The summed E-state index contributed by atoms with van der Waals surface area (Å²) in [5.74, 6) is 1.95. The van der Waals surface area contributed by atoms with Gasteiger partial charge in [-0.2, -0.15) is 0 Å². The molecule has 0 aliphatic carbocycles. The Morgan fingerprint density at radius 3 is 2.65 bits per heavy atom. The Balaban J connectivity index is 1.16. The fraction of sp³-hybridized carbons (Fsp3) is 0.400. The summed E-state index contributed by atoms with van der Waals surface area (Å²) in [4.78, 5) is 13.8. The van der Waals surface area contributed by atoms with E-state index in [0.29, 0.717) is 52.5 Å². The second-order valence-corrected chi connectivity index (χ2v) is 11.3. The monoisotopic (exact) mass is 539 g/mol. The van der Waals surface area contributed by atoms with Crippen molar-refractivity contribution in [3.05, 3.63) is 35.0 Å². The normalized spacial score (nSPS) is 19.3. The van der Waals surface area contributed by atoms with E-state index >= 15 is 0 Å². The summed E-state index contributed by atoms with van der Waals surface area (Å²) in [5.41, 5.74) is 2.28. The van der Waals surface area contributed by atoms with Gasteiger partial charge in [0.1, 0.15) is 29.4 Å². The van der Waals surface area contributed by atoms with Gasteiger partial charge in [0.05, 0.1) is 43.7 Å². The van der Waals surface area contributed by atoms with Gasteiger partial charge in [0.2, 0.25) is 4.96 Å². The molecular formula is C25H25N5O5S2. The van der Waals surface area contributed by atoms with Crippen molar-refractivity contribution in [3.8, 4) is 28.1 Å². The first-order chi connectivity index (χ1) is 18.1. The highest BCUT2D eigenvalue weighted by atomic mass is 32.1. The topological polar surface area (TPSA) is 96.4 Å². The Labute approximate surface area is 220 Å². The lowest BCUT2D eigenvalue weighted by molar-refractivity contribution is 0.0304. The van der Waals surface area contributed by atoms with Gasteiger partial charge in [-0.3, -0.25) is 0 Å². The SMILES string of the molecule is COc1cc(OCc2nc(N3CC4CCC(C3)O4)sc2C)c2cc(-c3cn4nc(OC)sc4n3)oc2c1. The number of benzene rings is 1. The molecule has 2 unspecified atom stereocenters. The molecule has 0 radical (unpaired) electrons. The van der Waals surface area contributed by atoms with Crippen LogP contribution in [0.25, 0.3) is 27.4 Å². The summed E-state index contributed by atoms with van der Waals surface area (Å²) in [5, 5.41) is 6.79. The number of methoxy groups -OCH3 is 2. The number of rotatable bonds is 7. The summed E-state index contributed by atoms with van der Waals surface area (Å²) in [6, 6.07) is 5.67. The largest absolute Gasteiger partial charge is 0.496 e. The Bertz CT molecular complexity index is 1560. The van der Waals surface area contributed by atoms with E-state index in [-0.39, 0.29) is 0 Å². The molecule has 6 heterocycles. The van der Waals surface area contributed by atoms with Gasteiger partial charge in [-0.05, 0) is 37.2 Å². The van der Waals surface area contributed by atoms with E-state index in [9.17, 15) is 0 Å². The Morgan fingerprint density at radius 1 is 1.05 bits per heavy atom. The lowest BCUT2D eigenvalue weighted by Gasteiger charge is -2.31. The zero-order valence-corrected chi connectivity index (χ0v) is 22.2. The highest BCUT2D eigenvalue weighted by Gasteiger charge is 2.35. The van der Waals surface area contributed by atoms with Gasteiger partial charge in [0.25, 0.3) is 5.19 Å². The third kappa shape index (κ3) is 4.09. The Morgan fingerprint density at radius 2 is 1.89 bits per heavy atom. The first kappa shape index (κ1) is 22.8. The minimum atomic E-state index is 0.326. The van der Waals surface area contributed by atoms with Gasteiger partial charge in [0, 0.05) is 30.1 Å². The zero-order valence-electron chi connectivity index (χ0n) is 20.6.